The SMILES string of the molecule is CC(C)(C)c1ccccc1OCC(=O)Oc1ccc(C=C(C#N)C#N)cc1. The molecule has 0 aliphatic heterocycles. The molecule has 0 N–H and O–H groups in total. The zero-order valence-corrected chi connectivity index (χ0v) is 15.5. The van der Waals surface area contributed by atoms with Crippen LogP contribution in [0.1, 0.15) is 31.9 Å². The normalized spacial score (nSPS) is 10.3. The van der Waals surface area contributed by atoms with E-state index in [2.05, 4.69) is 20.8 Å². The molecule has 2 aromatic carbocycles. The summed E-state index contributed by atoms with van der Waals surface area (Å²) in [6.07, 6.45) is 1.46. The van der Waals surface area contributed by atoms with Gasteiger partial charge in [0.2, 0.25) is 0 Å². The van der Waals surface area contributed by atoms with Gasteiger partial charge in [0.1, 0.15) is 29.2 Å². The van der Waals surface area contributed by atoms with Crippen LogP contribution < -0.4 is 9.47 Å². The minimum absolute atomic E-state index is 0.00524. The lowest BCUT2D eigenvalue weighted by molar-refractivity contribution is -0.136. The molecular weight excluding hydrogens is 340 g/mol. The summed E-state index contributed by atoms with van der Waals surface area (Å²) in [5, 5.41) is 17.5. The monoisotopic (exact) mass is 360 g/mol. The van der Waals surface area contributed by atoms with Crippen LogP contribution in [0.3, 0.4) is 0 Å². The zero-order valence-electron chi connectivity index (χ0n) is 15.5. The van der Waals surface area contributed by atoms with Crippen LogP contribution >= 0.6 is 0 Å². The van der Waals surface area contributed by atoms with Crippen molar-refractivity contribution >= 4 is 12.0 Å². The maximum Gasteiger partial charge on any atom is 0.349 e. The van der Waals surface area contributed by atoms with Crippen LogP contribution in [0.25, 0.3) is 6.08 Å². The van der Waals surface area contributed by atoms with Crippen molar-refractivity contribution in [1.29, 1.82) is 10.5 Å². The number of benzene rings is 2. The third-order valence-corrected chi connectivity index (χ3v) is 3.70. The average molecular weight is 360 g/mol. The number of ether oxygens (including phenoxy) is 2. The number of allylic oxidation sites excluding steroid dienone is 1. The van der Waals surface area contributed by atoms with Crippen LogP contribution in [-0.2, 0) is 10.2 Å². The zero-order chi connectivity index (χ0) is 19.9. The van der Waals surface area contributed by atoms with Gasteiger partial charge in [0, 0.05) is 0 Å². The fourth-order valence-corrected chi connectivity index (χ4v) is 2.40. The first-order valence-electron chi connectivity index (χ1n) is 8.38. The second-order valence-electron chi connectivity index (χ2n) is 6.86. The molecule has 0 bridgehead atoms. The second kappa shape index (κ2) is 8.69. The predicted octanol–water partition coefficient (Wildman–Crippen LogP) is 4.40. The molecule has 2 aromatic rings. The lowest BCUT2D eigenvalue weighted by Crippen LogP contribution is -2.20. The van der Waals surface area contributed by atoms with Crippen molar-refractivity contribution in [3.05, 3.63) is 65.2 Å². The van der Waals surface area contributed by atoms with Gasteiger partial charge in [-0.05, 0) is 40.8 Å². The number of nitrogens with zero attached hydrogens (tertiary/aromatic N) is 2. The summed E-state index contributed by atoms with van der Waals surface area (Å²) < 4.78 is 10.9. The van der Waals surface area contributed by atoms with Gasteiger partial charge in [-0.3, -0.25) is 0 Å². The van der Waals surface area contributed by atoms with Gasteiger partial charge in [-0.1, -0.05) is 51.1 Å². The minimum atomic E-state index is -0.517. The van der Waals surface area contributed by atoms with E-state index in [0.29, 0.717) is 17.1 Å². The highest BCUT2D eigenvalue weighted by Crippen LogP contribution is 2.30. The molecule has 0 atom stereocenters. The maximum absolute atomic E-state index is 12.1. The molecule has 0 fully saturated rings. The van der Waals surface area contributed by atoms with Gasteiger partial charge in [-0.25, -0.2) is 4.79 Å². The van der Waals surface area contributed by atoms with E-state index in [-0.39, 0.29) is 17.6 Å². The third kappa shape index (κ3) is 5.73. The van der Waals surface area contributed by atoms with Crippen molar-refractivity contribution in [3.63, 3.8) is 0 Å². The summed E-state index contributed by atoms with van der Waals surface area (Å²) in [5.74, 6) is 0.500. The molecule has 5 heteroatoms. The molecule has 0 aromatic heterocycles. The van der Waals surface area contributed by atoms with Crippen molar-refractivity contribution in [3.8, 4) is 23.6 Å². The van der Waals surface area contributed by atoms with E-state index in [1.54, 1.807) is 36.4 Å². The average Bonchev–Trinajstić information content (AvgIpc) is 2.65. The summed E-state index contributed by atoms with van der Waals surface area (Å²) in [5.41, 5.74) is 1.59. The Hall–Kier alpha value is -3.57. The van der Waals surface area contributed by atoms with Crippen molar-refractivity contribution < 1.29 is 14.3 Å². The molecule has 27 heavy (non-hydrogen) atoms. The molecule has 5 nitrogen and oxygen atoms in total. The molecule has 0 saturated carbocycles. The first kappa shape index (κ1) is 19.8. The van der Waals surface area contributed by atoms with Gasteiger partial charge in [0.05, 0.1) is 0 Å². The number of para-hydroxylation sites is 1. The summed E-state index contributed by atoms with van der Waals surface area (Å²) >= 11 is 0. The highest BCUT2D eigenvalue weighted by atomic mass is 16.6. The Balaban J connectivity index is 1.99. The van der Waals surface area contributed by atoms with E-state index < -0.39 is 5.97 Å². The van der Waals surface area contributed by atoms with Crippen LogP contribution in [0.4, 0.5) is 0 Å². The number of hydrogen-bond donors (Lipinski definition) is 0. The number of carbonyl (C=O) groups is 1. The Morgan fingerprint density at radius 2 is 1.67 bits per heavy atom. The van der Waals surface area contributed by atoms with Gasteiger partial charge in [0.15, 0.2) is 6.61 Å². The number of carbonyl (C=O) groups excluding carboxylic acids is 1. The molecule has 0 heterocycles. The van der Waals surface area contributed by atoms with Crippen LogP contribution in [-0.4, -0.2) is 12.6 Å². The summed E-state index contributed by atoms with van der Waals surface area (Å²) in [6, 6.07) is 17.7. The third-order valence-electron chi connectivity index (χ3n) is 3.70. The topological polar surface area (TPSA) is 83.1 Å². The molecule has 0 radical (unpaired) electrons. The molecule has 2 rings (SSSR count). The highest BCUT2D eigenvalue weighted by molar-refractivity contribution is 5.74. The number of rotatable bonds is 5. The molecule has 0 saturated heterocycles. The fourth-order valence-electron chi connectivity index (χ4n) is 2.40. The molecule has 0 aliphatic carbocycles. The Kier molecular flexibility index (Phi) is 6.36. The summed E-state index contributed by atoms with van der Waals surface area (Å²) in [4.78, 5) is 12.1. The highest BCUT2D eigenvalue weighted by Gasteiger charge is 2.19. The van der Waals surface area contributed by atoms with Crippen molar-refractivity contribution in [2.45, 2.75) is 26.2 Å². The van der Waals surface area contributed by atoms with Gasteiger partial charge in [-0.2, -0.15) is 10.5 Å². The van der Waals surface area contributed by atoms with Crippen LogP contribution in [0.15, 0.2) is 54.1 Å². The maximum atomic E-state index is 12.1. The first-order valence-corrected chi connectivity index (χ1v) is 8.38. The largest absolute Gasteiger partial charge is 0.482 e. The Bertz CT molecular complexity index is 908. The summed E-state index contributed by atoms with van der Waals surface area (Å²) in [7, 11) is 0. The Morgan fingerprint density at radius 1 is 1.04 bits per heavy atom. The summed E-state index contributed by atoms with van der Waals surface area (Å²) in [6.45, 7) is 6.02. The van der Waals surface area contributed by atoms with Crippen molar-refractivity contribution in [2.75, 3.05) is 6.61 Å². The van der Waals surface area contributed by atoms with E-state index in [1.165, 1.54) is 6.08 Å². The number of esters is 1. The van der Waals surface area contributed by atoms with E-state index in [0.717, 1.165) is 5.56 Å². The Labute approximate surface area is 159 Å². The second-order valence-corrected chi connectivity index (χ2v) is 6.86. The molecule has 0 spiro atoms. The van der Waals surface area contributed by atoms with Crippen LogP contribution in [0, 0.1) is 22.7 Å². The standard InChI is InChI=1S/C22H20N2O3/c1-22(2,3)19-6-4-5-7-20(19)26-15-21(25)27-18-10-8-16(9-11-18)12-17(13-23)14-24/h4-12H,15H2,1-3H3. The lowest BCUT2D eigenvalue weighted by Gasteiger charge is -2.22. The van der Waals surface area contributed by atoms with Crippen LogP contribution in [0.2, 0.25) is 0 Å². The van der Waals surface area contributed by atoms with Crippen LogP contribution in [0.5, 0.6) is 11.5 Å². The molecular formula is C22H20N2O3. The predicted molar refractivity (Wildman–Crippen MR) is 102 cm³/mol. The van der Waals surface area contributed by atoms with Gasteiger partial charge >= 0.3 is 5.97 Å². The van der Waals surface area contributed by atoms with E-state index in [9.17, 15) is 4.79 Å². The van der Waals surface area contributed by atoms with E-state index >= 15 is 0 Å². The van der Waals surface area contributed by atoms with E-state index in [1.807, 2.05) is 24.3 Å². The van der Waals surface area contributed by atoms with Gasteiger partial charge < -0.3 is 9.47 Å². The quantitative estimate of drug-likeness (QED) is 0.448. The van der Waals surface area contributed by atoms with Crippen molar-refractivity contribution in [1.82, 2.24) is 0 Å². The van der Waals surface area contributed by atoms with Crippen molar-refractivity contribution in [2.24, 2.45) is 0 Å². The lowest BCUT2D eigenvalue weighted by atomic mass is 9.86. The number of nitriles is 2. The minimum Gasteiger partial charge on any atom is -0.482 e. The van der Waals surface area contributed by atoms with Gasteiger partial charge in [-0.15, -0.1) is 0 Å². The Morgan fingerprint density at radius 3 is 2.26 bits per heavy atom. The molecule has 136 valence electrons. The first-order chi connectivity index (χ1) is 12.8. The number of hydrogen-bond acceptors (Lipinski definition) is 5. The fraction of sp³-hybridized carbons (Fsp3) is 0.227. The van der Waals surface area contributed by atoms with E-state index in [4.69, 9.17) is 20.0 Å². The van der Waals surface area contributed by atoms with Gasteiger partial charge in [0.25, 0.3) is 0 Å². The smallest absolute Gasteiger partial charge is 0.349 e. The molecule has 0 aliphatic rings. The molecule has 0 amide bonds. The molecule has 0 unspecified atom stereocenters.